The first-order valence-corrected chi connectivity index (χ1v) is 9.32. The number of allylic oxidation sites excluding steroid dienone is 2. The molecule has 134 valence electrons. The monoisotopic (exact) mass is 339 g/mol. The molecule has 0 spiro atoms. The average molecular weight is 339 g/mol. The molecule has 0 bridgehead atoms. The van der Waals surface area contributed by atoms with E-state index in [1.54, 1.807) is 0 Å². The predicted molar refractivity (Wildman–Crippen MR) is 102 cm³/mol. The molecule has 0 radical (unpaired) electrons. The SMILES string of the molecule is C=CC[C@H]1C[C@@H](c2cccc(OCC3=CCCC=C3)c2)[C@@H](C)CN1O. The molecular weight excluding hydrogens is 310 g/mol. The Morgan fingerprint density at radius 3 is 3.00 bits per heavy atom. The maximum absolute atomic E-state index is 10.2. The molecule has 0 amide bonds. The van der Waals surface area contributed by atoms with Gasteiger partial charge in [0.25, 0.3) is 0 Å². The van der Waals surface area contributed by atoms with Crippen molar-refractivity contribution in [1.82, 2.24) is 5.06 Å². The summed E-state index contributed by atoms with van der Waals surface area (Å²) in [6.07, 6.45) is 12.5. The number of piperidine rings is 1. The van der Waals surface area contributed by atoms with Crippen LogP contribution in [0.15, 0.2) is 60.7 Å². The maximum atomic E-state index is 10.2. The number of benzene rings is 1. The number of hydrogen-bond donors (Lipinski definition) is 1. The van der Waals surface area contributed by atoms with Gasteiger partial charge in [-0.3, -0.25) is 0 Å². The third kappa shape index (κ3) is 4.62. The molecule has 1 N–H and O–H groups in total. The number of ether oxygens (including phenoxy) is 1. The first kappa shape index (κ1) is 18.0. The van der Waals surface area contributed by atoms with Crippen LogP contribution in [0.25, 0.3) is 0 Å². The number of rotatable bonds is 6. The largest absolute Gasteiger partial charge is 0.489 e. The molecule has 3 nitrogen and oxygen atoms in total. The Labute approximate surface area is 151 Å². The zero-order valence-electron chi connectivity index (χ0n) is 15.1. The summed E-state index contributed by atoms with van der Waals surface area (Å²) in [5.74, 6) is 1.77. The predicted octanol–water partition coefficient (Wildman–Crippen LogP) is 5.10. The molecule has 0 saturated carbocycles. The lowest BCUT2D eigenvalue weighted by atomic mass is 9.78. The van der Waals surface area contributed by atoms with Gasteiger partial charge in [-0.05, 0) is 60.8 Å². The fraction of sp³-hybridized carbons (Fsp3) is 0.455. The maximum Gasteiger partial charge on any atom is 0.120 e. The Morgan fingerprint density at radius 2 is 2.24 bits per heavy atom. The summed E-state index contributed by atoms with van der Waals surface area (Å²) in [6, 6.07) is 8.62. The summed E-state index contributed by atoms with van der Waals surface area (Å²) in [5.41, 5.74) is 2.56. The van der Waals surface area contributed by atoms with Crippen molar-refractivity contribution in [3.8, 4) is 5.75 Å². The van der Waals surface area contributed by atoms with Crippen LogP contribution in [0.5, 0.6) is 5.75 Å². The van der Waals surface area contributed by atoms with Crippen molar-refractivity contribution < 1.29 is 9.94 Å². The van der Waals surface area contributed by atoms with Gasteiger partial charge in [0.15, 0.2) is 0 Å². The average Bonchev–Trinajstić information content (AvgIpc) is 2.63. The van der Waals surface area contributed by atoms with E-state index < -0.39 is 0 Å². The Kier molecular flexibility index (Phi) is 6.11. The number of hydrogen-bond acceptors (Lipinski definition) is 3. The third-order valence-electron chi connectivity index (χ3n) is 5.31. The second kappa shape index (κ2) is 8.50. The van der Waals surface area contributed by atoms with Crippen LogP contribution >= 0.6 is 0 Å². The van der Waals surface area contributed by atoms with Crippen LogP contribution in [0.1, 0.15) is 44.1 Å². The zero-order valence-corrected chi connectivity index (χ0v) is 15.1. The van der Waals surface area contributed by atoms with Crippen LogP contribution in [0, 0.1) is 5.92 Å². The minimum Gasteiger partial charge on any atom is -0.489 e. The molecule has 1 aromatic carbocycles. The topological polar surface area (TPSA) is 32.7 Å². The van der Waals surface area contributed by atoms with E-state index in [2.05, 4.69) is 49.9 Å². The van der Waals surface area contributed by atoms with Gasteiger partial charge in [0, 0.05) is 12.6 Å². The molecule has 3 rings (SSSR count). The molecule has 2 aliphatic rings. The molecule has 3 heteroatoms. The van der Waals surface area contributed by atoms with Crippen molar-refractivity contribution in [2.24, 2.45) is 5.92 Å². The van der Waals surface area contributed by atoms with Crippen LogP contribution in [0.3, 0.4) is 0 Å². The highest BCUT2D eigenvalue weighted by molar-refractivity contribution is 5.33. The van der Waals surface area contributed by atoms with Crippen molar-refractivity contribution >= 4 is 0 Å². The molecule has 1 saturated heterocycles. The van der Waals surface area contributed by atoms with Gasteiger partial charge >= 0.3 is 0 Å². The molecule has 1 fully saturated rings. The number of nitrogens with zero attached hydrogens (tertiary/aromatic N) is 1. The first-order valence-electron chi connectivity index (χ1n) is 9.32. The summed E-state index contributed by atoms with van der Waals surface area (Å²) in [7, 11) is 0. The molecular formula is C22H29NO2. The normalized spacial score (nSPS) is 27.0. The van der Waals surface area contributed by atoms with Crippen molar-refractivity contribution in [1.29, 1.82) is 0 Å². The van der Waals surface area contributed by atoms with E-state index in [0.29, 0.717) is 25.0 Å². The molecule has 1 aliphatic carbocycles. The second-order valence-corrected chi connectivity index (χ2v) is 7.24. The Balaban J connectivity index is 1.68. The van der Waals surface area contributed by atoms with Crippen molar-refractivity contribution in [3.63, 3.8) is 0 Å². The fourth-order valence-corrected chi connectivity index (χ4v) is 3.87. The van der Waals surface area contributed by atoms with Gasteiger partial charge in [-0.1, -0.05) is 43.4 Å². The molecule has 3 atom stereocenters. The summed E-state index contributed by atoms with van der Waals surface area (Å²) in [4.78, 5) is 0. The van der Waals surface area contributed by atoms with Gasteiger partial charge in [0.2, 0.25) is 0 Å². The summed E-state index contributed by atoms with van der Waals surface area (Å²) < 4.78 is 6.01. The van der Waals surface area contributed by atoms with Crippen LogP contribution in [0.2, 0.25) is 0 Å². The smallest absolute Gasteiger partial charge is 0.120 e. The van der Waals surface area contributed by atoms with Gasteiger partial charge < -0.3 is 9.94 Å². The summed E-state index contributed by atoms with van der Waals surface area (Å²) in [5, 5.41) is 11.7. The minimum atomic E-state index is 0.154. The molecule has 1 aliphatic heterocycles. The van der Waals surface area contributed by atoms with Crippen LogP contribution in [-0.4, -0.2) is 29.5 Å². The second-order valence-electron chi connectivity index (χ2n) is 7.24. The van der Waals surface area contributed by atoms with Gasteiger partial charge in [-0.25, -0.2) is 0 Å². The Morgan fingerprint density at radius 1 is 1.36 bits per heavy atom. The lowest BCUT2D eigenvalue weighted by molar-refractivity contribution is -0.156. The van der Waals surface area contributed by atoms with Crippen LogP contribution in [0.4, 0.5) is 0 Å². The highest BCUT2D eigenvalue weighted by Crippen LogP contribution is 2.37. The minimum absolute atomic E-state index is 0.154. The fourth-order valence-electron chi connectivity index (χ4n) is 3.87. The lowest BCUT2D eigenvalue weighted by Crippen LogP contribution is -2.43. The van der Waals surface area contributed by atoms with Crippen LogP contribution in [-0.2, 0) is 0 Å². The van der Waals surface area contributed by atoms with Gasteiger partial charge in [0.05, 0.1) is 0 Å². The van der Waals surface area contributed by atoms with E-state index in [9.17, 15) is 5.21 Å². The van der Waals surface area contributed by atoms with Crippen molar-refractivity contribution in [2.75, 3.05) is 13.2 Å². The van der Waals surface area contributed by atoms with E-state index in [-0.39, 0.29) is 6.04 Å². The Hall–Kier alpha value is -1.84. The van der Waals surface area contributed by atoms with Crippen molar-refractivity contribution in [3.05, 3.63) is 66.3 Å². The highest BCUT2D eigenvalue weighted by Gasteiger charge is 2.33. The lowest BCUT2D eigenvalue weighted by Gasteiger charge is -2.39. The number of hydroxylamine groups is 2. The van der Waals surface area contributed by atoms with Gasteiger partial charge in [-0.2, -0.15) is 5.06 Å². The van der Waals surface area contributed by atoms with E-state index in [4.69, 9.17) is 4.74 Å². The molecule has 0 unspecified atom stereocenters. The summed E-state index contributed by atoms with van der Waals surface area (Å²) >= 11 is 0. The first-order chi connectivity index (χ1) is 12.2. The van der Waals surface area contributed by atoms with E-state index >= 15 is 0 Å². The zero-order chi connectivity index (χ0) is 17.6. The molecule has 0 aromatic heterocycles. The van der Waals surface area contributed by atoms with E-state index in [1.807, 2.05) is 12.1 Å². The van der Waals surface area contributed by atoms with Crippen molar-refractivity contribution in [2.45, 2.75) is 44.6 Å². The van der Waals surface area contributed by atoms with Gasteiger partial charge in [-0.15, -0.1) is 6.58 Å². The Bertz CT molecular complexity index is 649. The highest BCUT2D eigenvalue weighted by atomic mass is 16.5. The molecule has 25 heavy (non-hydrogen) atoms. The quantitative estimate of drug-likeness (QED) is 0.732. The van der Waals surface area contributed by atoms with Gasteiger partial charge in [0.1, 0.15) is 12.4 Å². The van der Waals surface area contributed by atoms with E-state index in [0.717, 1.165) is 31.4 Å². The standard InChI is InChI=1S/C22H29NO2/c1-3-8-20-14-22(17(2)15-23(20)24)19-11-7-12-21(13-19)25-16-18-9-5-4-6-10-18/h3,5,7,9-13,17,20,22,24H,1,4,6,8,14-16H2,2H3/t17-,20-,22+/m0/s1. The van der Waals surface area contributed by atoms with Crippen LogP contribution < -0.4 is 4.74 Å². The molecule has 1 heterocycles. The molecule has 1 aromatic rings. The van der Waals surface area contributed by atoms with E-state index in [1.165, 1.54) is 16.2 Å². The summed E-state index contributed by atoms with van der Waals surface area (Å²) in [6.45, 7) is 7.36. The third-order valence-corrected chi connectivity index (χ3v) is 5.31.